The van der Waals surface area contributed by atoms with E-state index in [1.807, 2.05) is 50.0 Å². The second kappa shape index (κ2) is 15.4. The van der Waals surface area contributed by atoms with Crippen LogP contribution in [0.2, 0.25) is 51.4 Å². The molecule has 0 atom stereocenters. The molecule has 0 N–H and O–H groups in total. The van der Waals surface area contributed by atoms with E-state index in [4.69, 9.17) is 23.9 Å². The zero-order valence-corrected chi connectivity index (χ0v) is 31.2. The molecule has 0 radical (unpaired) electrons. The van der Waals surface area contributed by atoms with Gasteiger partial charge in [0, 0.05) is 48.5 Å². The van der Waals surface area contributed by atoms with Crippen LogP contribution >= 0.6 is 15.9 Å². The van der Waals surface area contributed by atoms with Gasteiger partial charge in [0.05, 0.1) is 18.1 Å². The van der Waals surface area contributed by atoms with Crippen molar-refractivity contribution >= 4 is 49.7 Å². The first-order valence-electron chi connectivity index (χ1n) is 15.3. The number of carbonyl (C=O) groups is 1. The molecule has 1 aliphatic heterocycles. The minimum Gasteiger partial charge on any atom is -0.465 e. The van der Waals surface area contributed by atoms with Crippen LogP contribution < -0.4 is 9.64 Å². The summed E-state index contributed by atoms with van der Waals surface area (Å²) in [5.74, 6) is 1.40. The van der Waals surface area contributed by atoms with Gasteiger partial charge in [-0.3, -0.25) is 0 Å². The molecule has 0 spiro atoms. The molecule has 1 saturated heterocycles. The summed E-state index contributed by atoms with van der Waals surface area (Å²) in [6.07, 6.45) is 5.12. The van der Waals surface area contributed by atoms with E-state index in [0.717, 1.165) is 43.0 Å². The SMILES string of the molecule is CC(C)(C)OC(=O)N1CCC(N(c2cnn(COCC[Si](C)(C)C)c2)c2ccc(OCOCC[Si](C)(C)C)c(Br)n2)CC1. The van der Waals surface area contributed by atoms with E-state index in [-0.39, 0.29) is 18.9 Å². The molecule has 1 fully saturated rings. The average molecular weight is 699 g/mol. The van der Waals surface area contributed by atoms with Crippen molar-refractivity contribution < 1.29 is 23.7 Å². The van der Waals surface area contributed by atoms with Crippen LogP contribution in [0.15, 0.2) is 29.1 Å². The summed E-state index contributed by atoms with van der Waals surface area (Å²) < 4.78 is 25.6. The Morgan fingerprint density at radius 1 is 1.02 bits per heavy atom. The summed E-state index contributed by atoms with van der Waals surface area (Å²) in [5.41, 5.74) is 0.401. The average Bonchev–Trinajstić information content (AvgIpc) is 3.34. The highest BCUT2D eigenvalue weighted by Crippen LogP contribution is 2.34. The maximum Gasteiger partial charge on any atom is 0.410 e. The first-order chi connectivity index (χ1) is 20.0. The molecule has 1 aliphatic rings. The van der Waals surface area contributed by atoms with E-state index in [1.165, 1.54) is 0 Å². The molecular formula is C30H52BrN5O5Si2. The highest BCUT2D eigenvalue weighted by molar-refractivity contribution is 9.10. The van der Waals surface area contributed by atoms with Gasteiger partial charge in [0.1, 0.15) is 18.1 Å². The molecule has 2 aromatic rings. The topological polar surface area (TPSA) is 91.2 Å². The maximum absolute atomic E-state index is 12.7. The Kier molecular flexibility index (Phi) is 12.7. The fraction of sp³-hybridized carbons (Fsp3) is 0.700. The maximum atomic E-state index is 12.7. The number of pyridine rings is 1. The first-order valence-corrected chi connectivity index (χ1v) is 23.5. The number of aromatic nitrogens is 3. The number of carbonyl (C=O) groups excluding carboxylic acids is 1. The lowest BCUT2D eigenvalue weighted by molar-refractivity contribution is 0.0202. The van der Waals surface area contributed by atoms with Gasteiger partial charge in [0.25, 0.3) is 0 Å². The predicted octanol–water partition coefficient (Wildman–Crippen LogP) is 7.58. The van der Waals surface area contributed by atoms with Gasteiger partial charge in [-0.05, 0) is 73.8 Å². The van der Waals surface area contributed by atoms with E-state index in [9.17, 15) is 4.79 Å². The highest BCUT2D eigenvalue weighted by Gasteiger charge is 2.32. The zero-order chi connectivity index (χ0) is 31.8. The molecule has 0 unspecified atom stereocenters. The van der Waals surface area contributed by atoms with Gasteiger partial charge >= 0.3 is 6.09 Å². The number of anilines is 2. The van der Waals surface area contributed by atoms with E-state index < -0.39 is 21.7 Å². The number of likely N-dealkylation sites (tertiary alicyclic amines) is 1. The van der Waals surface area contributed by atoms with Crippen molar-refractivity contribution in [3.05, 3.63) is 29.1 Å². The summed E-state index contributed by atoms with van der Waals surface area (Å²) in [6, 6.07) is 6.19. The molecule has 242 valence electrons. The number of nitrogens with zero attached hydrogens (tertiary/aromatic N) is 5. The van der Waals surface area contributed by atoms with Gasteiger partial charge in [0.2, 0.25) is 0 Å². The minimum atomic E-state index is -1.16. The Bertz CT molecular complexity index is 1170. The summed E-state index contributed by atoms with van der Waals surface area (Å²) in [5, 5.41) is 4.59. The molecule has 0 bridgehead atoms. The number of hydrogen-bond donors (Lipinski definition) is 0. The summed E-state index contributed by atoms with van der Waals surface area (Å²) in [6.45, 7) is 22.9. The Labute approximate surface area is 268 Å². The van der Waals surface area contributed by atoms with Crippen LogP contribution in [0.5, 0.6) is 5.75 Å². The van der Waals surface area contributed by atoms with Crippen molar-refractivity contribution in [2.45, 2.75) is 103 Å². The standard InChI is InChI=1S/C30H52BrN5O5Si2/c1-30(2,3)41-29(37)34-14-12-24(13-15-34)36(25-20-32-35(21-25)22-38-16-18-42(4,5)6)27-11-10-26(28(31)33-27)40-23-39-17-19-43(7,8)9/h10-11,20-21,24H,12-19,22-23H2,1-9H3. The molecule has 0 aliphatic carbocycles. The van der Waals surface area contributed by atoms with Crippen molar-refractivity contribution in [2.24, 2.45) is 0 Å². The van der Waals surface area contributed by atoms with E-state index in [0.29, 0.717) is 36.8 Å². The molecule has 13 heteroatoms. The van der Waals surface area contributed by atoms with Gasteiger partial charge in [0.15, 0.2) is 17.1 Å². The van der Waals surface area contributed by atoms with Crippen molar-refractivity contribution in [1.82, 2.24) is 19.7 Å². The van der Waals surface area contributed by atoms with Crippen LogP contribution in [0.3, 0.4) is 0 Å². The Hall–Kier alpha value is -1.94. The molecule has 2 aromatic heterocycles. The fourth-order valence-electron chi connectivity index (χ4n) is 4.44. The predicted molar refractivity (Wildman–Crippen MR) is 181 cm³/mol. The first kappa shape index (κ1) is 35.5. The Morgan fingerprint density at radius 3 is 2.23 bits per heavy atom. The second-order valence-corrected chi connectivity index (χ2v) is 26.6. The van der Waals surface area contributed by atoms with Gasteiger partial charge < -0.3 is 28.7 Å². The van der Waals surface area contributed by atoms with E-state index >= 15 is 0 Å². The number of rotatable bonds is 14. The number of hydrogen-bond acceptors (Lipinski definition) is 8. The molecule has 0 aromatic carbocycles. The van der Waals surface area contributed by atoms with Crippen molar-refractivity contribution in [3.8, 4) is 5.75 Å². The third kappa shape index (κ3) is 12.5. The molecule has 1 amide bonds. The highest BCUT2D eigenvalue weighted by atomic mass is 79.9. The van der Waals surface area contributed by atoms with Gasteiger partial charge in [-0.1, -0.05) is 39.3 Å². The van der Waals surface area contributed by atoms with E-state index in [1.54, 1.807) is 4.90 Å². The molecule has 3 heterocycles. The summed E-state index contributed by atoms with van der Waals surface area (Å²) in [4.78, 5) is 21.6. The molecule has 10 nitrogen and oxygen atoms in total. The van der Waals surface area contributed by atoms with Gasteiger partial charge in [-0.15, -0.1) is 0 Å². The number of halogens is 1. The normalized spacial score (nSPS) is 15.1. The zero-order valence-electron chi connectivity index (χ0n) is 27.6. The Morgan fingerprint density at radius 2 is 1.65 bits per heavy atom. The molecule has 3 rings (SSSR count). The number of amides is 1. The van der Waals surface area contributed by atoms with Gasteiger partial charge in [-0.2, -0.15) is 5.10 Å². The molecule has 43 heavy (non-hydrogen) atoms. The molecular weight excluding hydrogens is 646 g/mol. The Balaban J connectivity index is 1.73. The van der Waals surface area contributed by atoms with Crippen molar-refractivity contribution in [2.75, 3.05) is 38.0 Å². The van der Waals surface area contributed by atoms with Crippen molar-refractivity contribution in [3.63, 3.8) is 0 Å². The lowest BCUT2D eigenvalue weighted by Gasteiger charge is -2.39. The largest absolute Gasteiger partial charge is 0.465 e. The second-order valence-electron chi connectivity index (χ2n) is 14.6. The summed E-state index contributed by atoms with van der Waals surface area (Å²) in [7, 11) is -2.32. The third-order valence-electron chi connectivity index (χ3n) is 6.94. The molecule has 0 saturated carbocycles. The number of ether oxygens (including phenoxy) is 4. The minimum absolute atomic E-state index is 0.111. The monoisotopic (exact) mass is 697 g/mol. The smallest absolute Gasteiger partial charge is 0.410 e. The van der Waals surface area contributed by atoms with Crippen LogP contribution in [0.25, 0.3) is 0 Å². The van der Waals surface area contributed by atoms with Gasteiger partial charge in [-0.25, -0.2) is 14.5 Å². The fourth-order valence-corrected chi connectivity index (χ4v) is 6.39. The van der Waals surface area contributed by atoms with Crippen molar-refractivity contribution in [1.29, 1.82) is 0 Å². The number of piperidine rings is 1. The lowest BCUT2D eigenvalue weighted by Crippen LogP contribution is -2.47. The van der Waals surface area contributed by atoms with Crippen LogP contribution in [-0.2, 0) is 20.9 Å². The van der Waals surface area contributed by atoms with Crippen LogP contribution in [-0.4, -0.2) is 86.6 Å². The van der Waals surface area contributed by atoms with E-state index in [2.05, 4.69) is 65.2 Å². The quantitative estimate of drug-likeness (QED) is 0.0864. The van der Waals surface area contributed by atoms with Crippen LogP contribution in [0.1, 0.15) is 33.6 Å². The lowest BCUT2D eigenvalue weighted by atomic mass is 10.0. The van der Waals surface area contributed by atoms with Crippen LogP contribution in [0.4, 0.5) is 16.3 Å². The summed E-state index contributed by atoms with van der Waals surface area (Å²) >= 11 is 3.61. The third-order valence-corrected chi connectivity index (χ3v) is 10.9. The van der Waals surface area contributed by atoms with Crippen LogP contribution in [0, 0.1) is 0 Å².